The monoisotopic (exact) mass is 278 g/mol. The van der Waals surface area contributed by atoms with Gasteiger partial charge in [0.2, 0.25) is 0 Å². The van der Waals surface area contributed by atoms with Crippen LogP contribution in [0.4, 0.5) is 0 Å². The van der Waals surface area contributed by atoms with Crippen molar-refractivity contribution in [3.8, 4) is 0 Å². The molecule has 0 atom stereocenters. The van der Waals surface area contributed by atoms with E-state index in [1.807, 2.05) is 20.8 Å². The van der Waals surface area contributed by atoms with Crippen molar-refractivity contribution in [2.75, 3.05) is 26.5 Å². The number of rotatable bonds is 6. The van der Waals surface area contributed by atoms with Crippen molar-refractivity contribution >= 4 is 19.1 Å². The molecule has 0 saturated heterocycles. The molecule has 0 rings (SSSR count). The molecule has 18 heavy (non-hydrogen) atoms. The van der Waals surface area contributed by atoms with E-state index >= 15 is 0 Å². The molecule has 0 unspecified atom stereocenters. The van der Waals surface area contributed by atoms with Gasteiger partial charge in [-0.15, -0.1) is 0 Å². The standard InChI is InChI=1S/C12H23O5P/c1-12(2,3)18(15,8-6-10(13)16-4)9-7-11(14)17-5/h6-9H2,1-5H3. The van der Waals surface area contributed by atoms with E-state index in [-0.39, 0.29) is 37.1 Å². The van der Waals surface area contributed by atoms with E-state index in [1.54, 1.807) is 0 Å². The smallest absolute Gasteiger partial charge is 0.305 e. The van der Waals surface area contributed by atoms with E-state index in [9.17, 15) is 14.2 Å². The van der Waals surface area contributed by atoms with E-state index in [1.165, 1.54) is 14.2 Å². The van der Waals surface area contributed by atoms with Crippen molar-refractivity contribution in [2.24, 2.45) is 0 Å². The zero-order valence-electron chi connectivity index (χ0n) is 11.8. The Morgan fingerprint density at radius 2 is 1.28 bits per heavy atom. The SMILES string of the molecule is COC(=O)CCP(=O)(CCC(=O)OC)C(C)(C)C. The van der Waals surface area contributed by atoms with E-state index in [4.69, 9.17) is 0 Å². The molecule has 0 bridgehead atoms. The van der Waals surface area contributed by atoms with Gasteiger partial charge < -0.3 is 14.0 Å². The van der Waals surface area contributed by atoms with Crippen LogP contribution in [0.1, 0.15) is 33.6 Å². The van der Waals surface area contributed by atoms with Crippen LogP contribution < -0.4 is 0 Å². The Kier molecular flexibility index (Phi) is 6.61. The van der Waals surface area contributed by atoms with Gasteiger partial charge in [0.25, 0.3) is 0 Å². The summed E-state index contributed by atoms with van der Waals surface area (Å²) in [5, 5.41) is -0.435. The molecule has 0 saturated carbocycles. The van der Waals surface area contributed by atoms with Gasteiger partial charge in [0.1, 0.15) is 0 Å². The molecule has 0 aliphatic heterocycles. The maximum absolute atomic E-state index is 12.9. The Bertz CT molecular complexity index is 319. The van der Waals surface area contributed by atoms with Gasteiger partial charge in [-0.3, -0.25) is 9.59 Å². The summed E-state index contributed by atoms with van der Waals surface area (Å²) in [7, 11) is -0.0302. The number of ether oxygens (including phenoxy) is 2. The van der Waals surface area contributed by atoms with Crippen molar-refractivity contribution in [1.82, 2.24) is 0 Å². The first kappa shape index (κ1) is 17.2. The molecule has 0 amide bonds. The average Bonchev–Trinajstić information content (AvgIpc) is 2.31. The fraction of sp³-hybridized carbons (Fsp3) is 0.833. The lowest BCUT2D eigenvalue weighted by Crippen LogP contribution is -2.22. The molecule has 0 fully saturated rings. The summed E-state index contributed by atoms with van der Waals surface area (Å²) in [5.74, 6) is -0.755. The Hall–Kier alpha value is -0.830. The predicted octanol–water partition coefficient (Wildman–Crippen LogP) is 2.27. The summed E-state index contributed by atoms with van der Waals surface area (Å²) in [6, 6.07) is 0. The lowest BCUT2D eigenvalue weighted by molar-refractivity contribution is -0.140. The normalized spacial score (nSPS) is 12.1. The molecule has 0 aromatic heterocycles. The number of esters is 2. The zero-order valence-corrected chi connectivity index (χ0v) is 12.7. The lowest BCUT2D eigenvalue weighted by Gasteiger charge is -2.31. The van der Waals surface area contributed by atoms with Crippen LogP contribution >= 0.6 is 7.14 Å². The fourth-order valence-electron chi connectivity index (χ4n) is 1.53. The molecule has 5 nitrogen and oxygen atoms in total. The van der Waals surface area contributed by atoms with Crippen LogP contribution in [0.3, 0.4) is 0 Å². The quantitative estimate of drug-likeness (QED) is 0.550. The van der Waals surface area contributed by atoms with Crippen molar-refractivity contribution in [2.45, 2.75) is 38.8 Å². The third kappa shape index (κ3) is 5.21. The Morgan fingerprint density at radius 1 is 0.944 bits per heavy atom. The van der Waals surface area contributed by atoms with Crippen LogP contribution in [0.15, 0.2) is 0 Å². The van der Waals surface area contributed by atoms with Gasteiger partial charge in [0.15, 0.2) is 0 Å². The molecule has 0 heterocycles. The largest absolute Gasteiger partial charge is 0.469 e. The molecule has 0 aliphatic carbocycles. The first-order valence-corrected chi connectivity index (χ1v) is 7.96. The van der Waals surface area contributed by atoms with Gasteiger partial charge in [-0.05, 0) is 0 Å². The highest BCUT2D eigenvalue weighted by Gasteiger charge is 2.36. The highest BCUT2D eigenvalue weighted by Crippen LogP contribution is 2.58. The van der Waals surface area contributed by atoms with E-state index in [0.29, 0.717) is 0 Å². The zero-order chi connectivity index (χ0) is 14.4. The van der Waals surface area contributed by atoms with Gasteiger partial charge in [-0.2, -0.15) is 0 Å². The van der Waals surface area contributed by atoms with Crippen LogP contribution in [0.2, 0.25) is 0 Å². The highest BCUT2D eigenvalue weighted by atomic mass is 31.2. The minimum atomic E-state index is -2.64. The number of carbonyl (C=O) groups is 2. The van der Waals surface area contributed by atoms with Crippen LogP contribution in [0, 0.1) is 0 Å². The summed E-state index contributed by atoms with van der Waals surface area (Å²) < 4.78 is 22.0. The van der Waals surface area contributed by atoms with E-state index in [0.717, 1.165) is 0 Å². The second-order valence-corrected chi connectivity index (χ2v) is 9.17. The molecule has 0 aliphatic rings. The van der Waals surface area contributed by atoms with Crippen LogP contribution in [-0.4, -0.2) is 43.6 Å². The van der Waals surface area contributed by atoms with Gasteiger partial charge in [0, 0.05) is 17.5 Å². The van der Waals surface area contributed by atoms with Crippen LogP contribution in [0.25, 0.3) is 0 Å². The van der Waals surface area contributed by atoms with E-state index in [2.05, 4.69) is 9.47 Å². The molecule has 0 N–H and O–H groups in total. The third-order valence-corrected chi connectivity index (χ3v) is 7.37. The molecule has 0 aromatic rings. The Morgan fingerprint density at radius 3 is 1.50 bits per heavy atom. The highest BCUT2D eigenvalue weighted by molar-refractivity contribution is 7.65. The molecule has 0 radical (unpaired) electrons. The van der Waals surface area contributed by atoms with Crippen molar-refractivity contribution in [3.05, 3.63) is 0 Å². The first-order chi connectivity index (χ1) is 8.16. The predicted molar refractivity (Wildman–Crippen MR) is 70.4 cm³/mol. The lowest BCUT2D eigenvalue weighted by atomic mass is 10.3. The molecule has 0 aromatic carbocycles. The first-order valence-electron chi connectivity index (χ1n) is 5.88. The van der Waals surface area contributed by atoms with Gasteiger partial charge in [0.05, 0.1) is 34.2 Å². The second-order valence-electron chi connectivity index (χ2n) is 5.16. The summed E-state index contributed by atoms with van der Waals surface area (Å²) in [4.78, 5) is 22.3. The molecule has 6 heteroatoms. The Balaban J connectivity index is 4.70. The molecule has 106 valence electrons. The Labute approximate surface area is 109 Å². The molecular weight excluding hydrogens is 255 g/mol. The maximum atomic E-state index is 12.9. The van der Waals surface area contributed by atoms with Gasteiger partial charge >= 0.3 is 11.9 Å². The minimum Gasteiger partial charge on any atom is -0.469 e. The van der Waals surface area contributed by atoms with Crippen molar-refractivity contribution < 1.29 is 23.6 Å². The average molecular weight is 278 g/mol. The van der Waals surface area contributed by atoms with Crippen molar-refractivity contribution in [1.29, 1.82) is 0 Å². The van der Waals surface area contributed by atoms with E-state index < -0.39 is 12.3 Å². The number of methoxy groups -OCH3 is 2. The summed E-state index contributed by atoms with van der Waals surface area (Å²) >= 11 is 0. The number of hydrogen-bond donors (Lipinski definition) is 0. The topological polar surface area (TPSA) is 69.7 Å². The van der Waals surface area contributed by atoms with Gasteiger partial charge in [-0.25, -0.2) is 0 Å². The number of carbonyl (C=O) groups excluding carboxylic acids is 2. The van der Waals surface area contributed by atoms with Crippen molar-refractivity contribution in [3.63, 3.8) is 0 Å². The summed E-state index contributed by atoms with van der Waals surface area (Å²) in [6.07, 6.45) is 0.763. The van der Waals surface area contributed by atoms with Gasteiger partial charge in [-0.1, -0.05) is 20.8 Å². The summed E-state index contributed by atoms with van der Waals surface area (Å²) in [6.45, 7) is 5.59. The number of hydrogen-bond acceptors (Lipinski definition) is 5. The molecule has 0 spiro atoms. The fourth-order valence-corrected chi connectivity index (χ4v) is 4.18. The second kappa shape index (κ2) is 6.93. The van der Waals surface area contributed by atoms with Crippen LogP contribution in [-0.2, 0) is 23.6 Å². The minimum absolute atomic E-state index is 0.117. The third-order valence-electron chi connectivity index (χ3n) is 3.03. The van der Waals surface area contributed by atoms with Crippen LogP contribution in [0.5, 0.6) is 0 Å². The maximum Gasteiger partial charge on any atom is 0.305 e. The molecular formula is C12H23O5P. The summed E-state index contributed by atoms with van der Waals surface area (Å²) in [5.41, 5.74) is 0.